The number of H-pyrrole nitrogens is 3. The number of aryl methyl sites for hydroxylation is 6. The van der Waals surface area contributed by atoms with E-state index in [1.54, 1.807) is 19.1 Å². The number of hydrogen-bond acceptors (Lipinski definition) is 7. The van der Waals surface area contributed by atoms with Crippen LogP contribution in [0.1, 0.15) is 72.2 Å². The molecule has 84 heavy (non-hydrogen) atoms. The minimum Gasteiger partial charge on any atom is -0.389 e. The predicted octanol–water partition coefficient (Wildman–Crippen LogP) is 16.7. The van der Waals surface area contributed by atoms with E-state index in [0.717, 1.165) is 155 Å². The average Bonchev–Trinajstić information content (AvgIpc) is 4.22. The number of anilines is 1. The largest absolute Gasteiger partial charge is 0.389 e. The number of imidazole rings is 3. The number of sulfonamides is 1. The van der Waals surface area contributed by atoms with Gasteiger partial charge in [-0.1, -0.05) is 156 Å². The maximum atomic E-state index is 11.7. The second-order valence-electron chi connectivity index (χ2n) is 21.4. The number of halogens is 3. The van der Waals surface area contributed by atoms with Crippen LogP contribution in [0, 0.1) is 0 Å². The van der Waals surface area contributed by atoms with Crippen molar-refractivity contribution in [3.05, 3.63) is 261 Å². The smallest absolute Gasteiger partial charge is 0.229 e. The minimum absolute atomic E-state index is 0.506. The van der Waals surface area contributed by atoms with Crippen LogP contribution in [0.15, 0.2) is 200 Å². The van der Waals surface area contributed by atoms with Gasteiger partial charge in [0.05, 0.1) is 56.7 Å². The van der Waals surface area contributed by atoms with Gasteiger partial charge < -0.3 is 25.2 Å². The van der Waals surface area contributed by atoms with Crippen molar-refractivity contribution >= 4 is 83.6 Å². The van der Waals surface area contributed by atoms with Crippen molar-refractivity contribution in [3.8, 4) is 33.4 Å². The molecule has 15 heteroatoms. The molecule has 11 nitrogen and oxygen atoms in total. The zero-order valence-electron chi connectivity index (χ0n) is 47.0. The summed E-state index contributed by atoms with van der Waals surface area (Å²) in [4.78, 5) is 24.4. The maximum absolute atomic E-state index is 11.7. The van der Waals surface area contributed by atoms with Crippen molar-refractivity contribution in [2.24, 2.45) is 0 Å². The molecule has 9 aromatic carbocycles. The number of aliphatic hydroxyl groups excluding tert-OH is 1. The van der Waals surface area contributed by atoms with Crippen LogP contribution >= 0.6 is 34.8 Å². The third-order valence-electron chi connectivity index (χ3n) is 14.4. The Morgan fingerprint density at radius 1 is 0.476 bits per heavy atom. The summed E-state index contributed by atoms with van der Waals surface area (Å²) in [6.07, 6.45) is 5.80. The molecular formula is C69H64Cl3N7O4S. The summed E-state index contributed by atoms with van der Waals surface area (Å²) in [7, 11) is -3.36. The van der Waals surface area contributed by atoms with Crippen molar-refractivity contribution in [2.75, 3.05) is 11.0 Å². The molecule has 0 aliphatic carbocycles. The summed E-state index contributed by atoms with van der Waals surface area (Å²) in [5.74, 6) is 2.86. The van der Waals surface area contributed by atoms with Gasteiger partial charge in [-0.05, 0) is 175 Å². The molecule has 12 rings (SSSR count). The van der Waals surface area contributed by atoms with Gasteiger partial charge in [-0.25, -0.2) is 23.4 Å². The molecule has 0 bridgehead atoms. The van der Waals surface area contributed by atoms with Crippen LogP contribution in [0.4, 0.5) is 5.69 Å². The first-order valence-corrected chi connectivity index (χ1v) is 30.8. The molecule has 0 aliphatic heterocycles. The molecule has 12 aromatic rings. The molecule has 0 fully saturated rings. The molecule has 0 radical (unpaired) electrons. The molecule has 0 aliphatic rings. The number of benzene rings is 9. The first-order chi connectivity index (χ1) is 40.4. The van der Waals surface area contributed by atoms with Crippen molar-refractivity contribution in [2.45, 2.75) is 71.0 Å². The van der Waals surface area contributed by atoms with E-state index >= 15 is 0 Å². The number of rotatable bonds is 16. The second kappa shape index (κ2) is 26.2. The van der Waals surface area contributed by atoms with Gasteiger partial charge in [0.15, 0.2) is 0 Å². The monoisotopic (exact) mass is 1190 g/mol. The number of nitrogens with zero attached hydrogens (tertiary/aromatic N) is 3. The molecule has 0 saturated heterocycles. The Bertz CT molecular complexity index is 4320. The highest BCUT2D eigenvalue weighted by molar-refractivity contribution is 7.92. The number of aliphatic hydroxyl groups is 2. The highest BCUT2D eigenvalue weighted by Crippen LogP contribution is 2.35. The Balaban J connectivity index is 0.000000140. The van der Waals surface area contributed by atoms with E-state index < -0.39 is 21.7 Å². The Kier molecular flexibility index (Phi) is 18.5. The van der Waals surface area contributed by atoms with Gasteiger partial charge in [-0.15, -0.1) is 0 Å². The van der Waals surface area contributed by atoms with Crippen LogP contribution in [-0.4, -0.2) is 54.8 Å². The van der Waals surface area contributed by atoms with E-state index in [1.807, 2.05) is 153 Å². The number of nitrogens with one attached hydrogen (secondary N) is 4. The second-order valence-corrected chi connectivity index (χ2v) is 24.5. The Labute approximate surface area is 504 Å². The van der Waals surface area contributed by atoms with Crippen molar-refractivity contribution in [1.29, 1.82) is 0 Å². The standard InChI is InChI=1S/C24H23ClN2O.C23H21ClN2O.C22H20ClN3O2S/c1-24(2,28)20-6-4-3-5-19(20)17-10-13-21-22(15-17)27-23(26-21)14-9-16-7-11-18(25)12-8-16;1-15(27)19-4-2-3-5-20(19)17-9-12-21-22(14-17)26-23(25-21)13-8-16-6-10-18(24)11-7-16;1-29(27,28)26-19-5-3-2-4-18(19)16-9-12-20-21(14-16)25-22(24-20)13-8-15-6-10-17(23)11-7-15/h3-8,10-13,15,28H,9,14H2,1-2H3,(H,26,27);2-7,9-12,14-15,27H,8,13H2,1H3,(H,25,26);2-7,9-12,14,26H,8,13H2,1H3,(H,24,25). The summed E-state index contributed by atoms with van der Waals surface area (Å²) >= 11 is 17.8. The highest BCUT2D eigenvalue weighted by atomic mass is 35.5. The van der Waals surface area contributed by atoms with E-state index in [-0.39, 0.29) is 0 Å². The normalized spacial score (nSPS) is 12.0. The lowest BCUT2D eigenvalue weighted by atomic mass is 9.89. The minimum atomic E-state index is -3.36. The lowest BCUT2D eigenvalue weighted by Crippen LogP contribution is -2.16. The van der Waals surface area contributed by atoms with Gasteiger partial charge in [0.1, 0.15) is 17.5 Å². The SMILES string of the molecule is CC(C)(O)c1ccccc1-c1ccc2nc(CCc3ccc(Cl)cc3)[nH]c2c1.CC(O)c1ccccc1-c1ccc2nc(CCc3ccc(Cl)cc3)[nH]c2c1.CS(=O)(=O)Nc1ccccc1-c1ccc2nc(CCc3ccc(Cl)cc3)[nH]c2c1. The van der Waals surface area contributed by atoms with Crippen LogP contribution < -0.4 is 4.72 Å². The lowest BCUT2D eigenvalue weighted by molar-refractivity contribution is 0.0792. The molecule has 0 amide bonds. The van der Waals surface area contributed by atoms with Gasteiger partial charge in [-0.3, -0.25) is 4.72 Å². The molecule has 1 unspecified atom stereocenters. The predicted molar refractivity (Wildman–Crippen MR) is 346 cm³/mol. The number of aromatic nitrogens is 6. The molecule has 3 heterocycles. The van der Waals surface area contributed by atoms with E-state index in [2.05, 4.69) is 73.2 Å². The summed E-state index contributed by atoms with van der Waals surface area (Å²) < 4.78 is 25.9. The van der Waals surface area contributed by atoms with Crippen LogP contribution in [0.5, 0.6) is 0 Å². The number of fused-ring (bicyclic) bond motifs is 3. The van der Waals surface area contributed by atoms with Crippen LogP contribution in [0.25, 0.3) is 66.5 Å². The fourth-order valence-corrected chi connectivity index (χ4v) is 11.2. The van der Waals surface area contributed by atoms with E-state index in [4.69, 9.17) is 44.8 Å². The van der Waals surface area contributed by atoms with Gasteiger partial charge in [0.25, 0.3) is 0 Å². The van der Waals surface area contributed by atoms with Crippen LogP contribution in [0.2, 0.25) is 15.1 Å². The highest BCUT2D eigenvalue weighted by Gasteiger charge is 2.21. The zero-order chi connectivity index (χ0) is 59.0. The summed E-state index contributed by atoms with van der Waals surface area (Å²) in [5, 5.41) is 22.8. The van der Waals surface area contributed by atoms with E-state index in [1.165, 1.54) is 16.7 Å². The molecule has 1 atom stereocenters. The molecule has 6 N–H and O–H groups in total. The lowest BCUT2D eigenvalue weighted by Gasteiger charge is -2.21. The molecule has 426 valence electrons. The quantitative estimate of drug-likeness (QED) is 0.0559. The maximum Gasteiger partial charge on any atom is 0.229 e. The van der Waals surface area contributed by atoms with Gasteiger partial charge >= 0.3 is 0 Å². The number of hydrogen-bond donors (Lipinski definition) is 6. The molecular weight excluding hydrogens is 1130 g/mol. The first-order valence-electron chi connectivity index (χ1n) is 27.7. The molecule has 3 aromatic heterocycles. The fourth-order valence-electron chi connectivity index (χ4n) is 10.2. The Morgan fingerprint density at radius 2 is 0.833 bits per heavy atom. The van der Waals surface area contributed by atoms with Crippen molar-refractivity contribution < 1.29 is 18.6 Å². The topological polar surface area (TPSA) is 173 Å². The van der Waals surface area contributed by atoms with Crippen LogP contribution in [-0.2, 0) is 54.1 Å². The van der Waals surface area contributed by atoms with Crippen molar-refractivity contribution in [1.82, 2.24) is 29.9 Å². The third kappa shape index (κ3) is 15.4. The number of aromatic amines is 3. The van der Waals surface area contributed by atoms with Gasteiger partial charge in [-0.2, -0.15) is 0 Å². The van der Waals surface area contributed by atoms with E-state index in [9.17, 15) is 18.6 Å². The summed E-state index contributed by atoms with van der Waals surface area (Å²) in [6.45, 7) is 5.42. The Morgan fingerprint density at radius 3 is 1.24 bits per heavy atom. The third-order valence-corrected chi connectivity index (χ3v) is 15.8. The molecule has 0 saturated carbocycles. The summed E-state index contributed by atoms with van der Waals surface area (Å²) in [6, 6.07) is 65.3. The Hall–Kier alpha value is -8.07. The molecule has 0 spiro atoms. The first kappa shape index (κ1) is 59.1. The van der Waals surface area contributed by atoms with E-state index in [0.29, 0.717) is 5.69 Å². The zero-order valence-corrected chi connectivity index (χ0v) is 50.1. The van der Waals surface area contributed by atoms with Gasteiger partial charge in [0.2, 0.25) is 10.0 Å². The van der Waals surface area contributed by atoms with Crippen LogP contribution in [0.3, 0.4) is 0 Å². The fraction of sp³-hybridized carbons (Fsp3) is 0.174. The van der Waals surface area contributed by atoms with Crippen molar-refractivity contribution in [3.63, 3.8) is 0 Å². The number of para-hydroxylation sites is 1. The van der Waals surface area contributed by atoms with Gasteiger partial charge in [0, 0.05) is 39.9 Å². The average molecular weight is 1190 g/mol. The summed E-state index contributed by atoms with van der Waals surface area (Å²) in [5.41, 5.74) is 16.9.